The molecule has 0 atom stereocenters. The van der Waals surface area contributed by atoms with Gasteiger partial charge in [0.15, 0.2) is 0 Å². The van der Waals surface area contributed by atoms with Crippen molar-refractivity contribution in [3.63, 3.8) is 0 Å². The summed E-state index contributed by atoms with van der Waals surface area (Å²) in [6.45, 7) is 2.31. The second-order valence-corrected chi connectivity index (χ2v) is 4.66. The van der Waals surface area contributed by atoms with E-state index in [4.69, 9.17) is 0 Å². The van der Waals surface area contributed by atoms with Crippen molar-refractivity contribution < 1.29 is 5.11 Å². The lowest BCUT2D eigenvalue weighted by atomic mass is 9.70. The summed E-state index contributed by atoms with van der Waals surface area (Å²) in [5.41, 5.74) is 1.72. The lowest BCUT2D eigenvalue weighted by Gasteiger charge is -2.36. The molecule has 0 aromatic heterocycles. The largest absolute Gasteiger partial charge is 0.393 e. The summed E-state index contributed by atoms with van der Waals surface area (Å²) in [6.07, 6.45) is 4.06. The Morgan fingerprint density at radius 1 is 1.14 bits per heavy atom. The summed E-state index contributed by atoms with van der Waals surface area (Å²) < 4.78 is 0. The van der Waals surface area contributed by atoms with Crippen molar-refractivity contribution in [3.05, 3.63) is 35.9 Å². The zero-order valence-electron chi connectivity index (χ0n) is 8.74. The molecule has 0 heterocycles. The average Bonchev–Trinajstić information content (AvgIpc) is 2.24. The van der Waals surface area contributed by atoms with E-state index < -0.39 is 0 Å². The van der Waals surface area contributed by atoms with Crippen molar-refractivity contribution in [1.82, 2.24) is 0 Å². The highest BCUT2D eigenvalue weighted by Gasteiger charge is 2.31. The van der Waals surface area contributed by atoms with Crippen LogP contribution in [0.5, 0.6) is 0 Å². The fourth-order valence-corrected chi connectivity index (χ4v) is 2.37. The molecule has 1 aromatic rings. The van der Waals surface area contributed by atoms with Gasteiger partial charge in [0.05, 0.1) is 6.10 Å². The summed E-state index contributed by atoms with van der Waals surface area (Å²) in [5, 5.41) is 9.49. The van der Waals surface area contributed by atoms with Crippen LogP contribution in [0.25, 0.3) is 0 Å². The van der Waals surface area contributed by atoms with Crippen LogP contribution in [0.2, 0.25) is 0 Å². The molecule has 0 bridgehead atoms. The first-order valence-electron chi connectivity index (χ1n) is 5.44. The highest BCUT2D eigenvalue weighted by Crippen LogP contribution is 2.38. The van der Waals surface area contributed by atoms with Crippen molar-refractivity contribution in [3.8, 4) is 0 Å². The predicted molar refractivity (Wildman–Crippen MR) is 58.3 cm³/mol. The van der Waals surface area contributed by atoms with Crippen molar-refractivity contribution in [2.24, 2.45) is 0 Å². The molecule has 1 nitrogen and oxygen atoms in total. The van der Waals surface area contributed by atoms with Gasteiger partial charge in [-0.3, -0.25) is 0 Å². The van der Waals surface area contributed by atoms with Gasteiger partial charge in [-0.2, -0.15) is 0 Å². The van der Waals surface area contributed by atoms with Crippen molar-refractivity contribution in [1.29, 1.82) is 0 Å². The van der Waals surface area contributed by atoms with Crippen molar-refractivity contribution >= 4 is 0 Å². The molecule has 1 saturated carbocycles. The quantitative estimate of drug-likeness (QED) is 0.722. The standard InChI is InChI=1S/C13H18O/c1-13(9-7-12(14)8-10-13)11-5-3-2-4-6-11/h2-6,12,14H,7-10H2,1H3/t12-,13-. The van der Waals surface area contributed by atoms with E-state index in [1.807, 2.05) is 0 Å². The van der Waals surface area contributed by atoms with Gasteiger partial charge in [-0.1, -0.05) is 37.3 Å². The Balaban J connectivity index is 2.17. The highest BCUT2D eigenvalue weighted by atomic mass is 16.3. The molecular formula is C13H18O. The first-order valence-corrected chi connectivity index (χ1v) is 5.44. The molecule has 1 aromatic carbocycles. The molecule has 14 heavy (non-hydrogen) atoms. The van der Waals surface area contributed by atoms with Crippen LogP contribution in [0.15, 0.2) is 30.3 Å². The normalized spacial score (nSPS) is 32.9. The smallest absolute Gasteiger partial charge is 0.0540 e. The molecule has 1 aliphatic rings. The van der Waals surface area contributed by atoms with E-state index >= 15 is 0 Å². The minimum absolute atomic E-state index is 0.0632. The molecular weight excluding hydrogens is 172 g/mol. The second-order valence-electron chi connectivity index (χ2n) is 4.66. The Labute approximate surface area is 85.8 Å². The fraction of sp³-hybridized carbons (Fsp3) is 0.538. The predicted octanol–water partition coefficient (Wildman–Crippen LogP) is 2.88. The van der Waals surface area contributed by atoms with Crippen LogP contribution >= 0.6 is 0 Å². The van der Waals surface area contributed by atoms with Gasteiger partial charge in [-0.05, 0) is 36.7 Å². The fourth-order valence-electron chi connectivity index (χ4n) is 2.37. The van der Waals surface area contributed by atoms with Crippen LogP contribution in [0.3, 0.4) is 0 Å². The molecule has 1 heteroatoms. The van der Waals surface area contributed by atoms with Crippen LogP contribution in [0.1, 0.15) is 38.2 Å². The SMILES string of the molecule is C[C@]1(c2ccccc2)CC[C@H](O)CC1. The first kappa shape index (κ1) is 9.72. The number of aliphatic hydroxyl groups excluding tert-OH is 1. The number of hydrogen-bond acceptors (Lipinski definition) is 1. The summed E-state index contributed by atoms with van der Waals surface area (Å²) >= 11 is 0. The monoisotopic (exact) mass is 190 g/mol. The minimum Gasteiger partial charge on any atom is -0.393 e. The van der Waals surface area contributed by atoms with Crippen LogP contribution in [-0.2, 0) is 5.41 Å². The van der Waals surface area contributed by atoms with Gasteiger partial charge in [-0.25, -0.2) is 0 Å². The lowest BCUT2D eigenvalue weighted by Crippen LogP contribution is -2.30. The van der Waals surface area contributed by atoms with Crippen LogP contribution in [0, 0.1) is 0 Å². The van der Waals surface area contributed by atoms with E-state index in [9.17, 15) is 5.11 Å². The maximum Gasteiger partial charge on any atom is 0.0540 e. The summed E-state index contributed by atoms with van der Waals surface area (Å²) in [4.78, 5) is 0. The van der Waals surface area contributed by atoms with Crippen LogP contribution in [0.4, 0.5) is 0 Å². The van der Waals surface area contributed by atoms with E-state index in [1.165, 1.54) is 5.56 Å². The first-order chi connectivity index (χ1) is 6.71. The zero-order valence-corrected chi connectivity index (χ0v) is 8.74. The molecule has 1 N–H and O–H groups in total. The number of benzene rings is 1. The highest BCUT2D eigenvalue weighted by molar-refractivity contribution is 5.24. The zero-order chi connectivity index (χ0) is 10.0. The number of rotatable bonds is 1. The third-order valence-corrected chi connectivity index (χ3v) is 3.53. The minimum atomic E-state index is -0.0632. The van der Waals surface area contributed by atoms with Gasteiger partial charge < -0.3 is 5.11 Å². The molecule has 0 saturated heterocycles. The third-order valence-electron chi connectivity index (χ3n) is 3.53. The number of aliphatic hydroxyl groups is 1. The van der Waals surface area contributed by atoms with Gasteiger partial charge in [0.1, 0.15) is 0 Å². The van der Waals surface area contributed by atoms with Gasteiger partial charge in [0, 0.05) is 0 Å². The van der Waals surface area contributed by atoms with Gasteiger partial charge in [0.2, 0.25) is 0 Å². The average molecular weight is 190 g/mol. The lowest BCUT2D eigenvalue weighted by molar-refractivity contribution is 0.100. The van der Waals surface area contributed by atoms with Crippen LogP contribution in [-0.4, -0.2) is 11.2 Å². The van der Waals surface area contributed by atoms with E-state index in [0.717, 1.165) is 25.7 Å². The maximum atomic E-state index is 9.49. The van der Waals surface area contributed by atoms with Crippen LogP contribution < -0.4 is 0 Å². The second kappa shape index (κ2) is 3.74. The molecule has 0 unspecified atom stereocenters. The Hall–Kier alpha value is -0.820. The van der Waals surface area contributed by atoms with Crippen molar-refractivity contribution in [2.45, 2.75) is 44.1 Å². The summed E-state index contributed by atoms with van der Waals surface area (Å²) in [7, 11) is 0. The van der Waals surface area contributed by atoms with E-state index in [-0.39, 0.29) is 6.10 Å². The molecule has 0 aliphatic heterocycles. The molecule has 0 spiro atoms. The van der Waals surface area contributed by atoms with Gasteiger partial charge in [-0.15, -0.1) is 0 Å². The van der Waals surface area contributed by atoms with E-state index in [0.29, 0.717) is 5.41 Å². The maximum absolute atomic E-state index is 9.49. The molecule has 0 radical (unpaired) electrons. The molecule has 2 rings (SSSR count). The summed E-state index contributed by atoms with van der Waals surface area (Å²) in [6, 6.07) is 10.7. The van der Waals surface area contributed by atoms with Gasteiger partial charge >= 0.3 is 0 Å². The molecule has 0 amide bonds. The number of hydrogen-bond donors (Lipinski definition) is 1. The third kappa shape index (κ3) is 1.83. The molecule has 76 valence electrons. The van der Waals surface area contributed by atoms with Gasteiger partial charge in [0.25, 0.3) is 0 Å². The van der Waals surface area contributed by atoms with E-state index in [1.54, 1.807) is 0 Å². The topological polar surface area (TPSA) is 20.2 Å². The Bertz CT molecular complexity index is 283. The van der Waals surface area contributed by atoms with Crippen molar-refractivity contribution in [2.75, 3.05) is 0 Å². The Morgan fingerprint density at radius 2 is 1.71 bits per heavy atom. The van der Waals surface area contributed by atoms with E-state index in [2.05, 4.69) is 37.3 Å². The summed E-state index contributed by atoms with van der Waals surface area (Å²) in [5.74, 6) is 0. The Kier molecular flexibility index (Phi) is 2.60. The molecule has 1 fully saturated rings. The Morgan fingerprint density at radius 3 is 2.29 bits per heavy atom. The molecule has 1 aliphatic carbocycles.